The Kier molecular flexibility index (Phi) is 3.28. The van der Waals surface area contributed by atoms with Gasteiger partial charge >= 0.3 is 0 Å². The van der Waals surface area contributed by atoms with E-state index in [0.29, 0.717) is 10.6 Å². The minimum atomic E-state index is -0.0870. The van der Waals surface area contributed by atoms with E-state index in [1.807, 2.05) is 66.9 Å². The fourth-order valence-corrected chi connectivity index (χ4v) is 2.97. The second kappa shape index (κ2) is 5.45. The Labute approximate surface area is 138 Å². The average Bonchev–Trinajstić information content (AvgIpc) is 3.17. The van der Waals surface area contributed by atoms with Crippen LogP contribution in [0.15, 0.2) is 60.8 Å². The number of amides is 1. The summed E-state index contributed by atoms with van der Waals surface area (Å²) < 4.78 is 0. The molecule has 4 rings (SSSR count). The van der Waals surface area contributed by atoms with Crippen molar-refractivity contribution in [2.75, 3.05) is 5.32 Å². The minimum absolute atomic E-state index is 0.0870. The first-order valence-electron chi connectivity index (χ1n) is 7.28. The second-order valence-electron chi connectivity index (χ2n) is 5.37. The van der Waals surface area contributed by atoms with E-state index in [1.165, 1.54) is 0 Å². The lowest BCUT2D eigenvalue weighted by Gasteiger charge is -2.08. The standard InChI is InChI=1S/C19H13ClN2O/c20-13-8-6-12(7-9-13)15-4-1-5-17-18(15)16(19(23)22-17)11-14-3-2-10-21-14/h1-11,21H,(H,22,23). The largest absolute Gasteiger partial charge is 0.362 e. The molecule has 23 heavy (non-hydrogen) atoms. The molecule has 4 heteroatoms. The first kappa shape index (κ1) is 13.9. The Balaban J connectivity index is 1.91. The summed E-state index contributed by atoms with van der Waals surface area (Å²) in [6.07, 6.45) is 3.71. The molecule has 0 saturated carbocycles. The van der Waals surface area contributed by atoms with Crippen molar-refractivity contribution in [1.82, 2.24) is 4.98 Å². The zero-order chi connectivity index (χ0) is 15.8. The molecular formula is C19H13ClN2O. The maximum absolute atomic E-state index is 12.4. The molecule has 0 fully saturated rings. The number of aromatic amines is 1. The summed E-state index contributed by atoms with van der Waals surface area (Å²) in [4.78, 5) is 15.5. The quantitative estimate of drug-likeness (QED) is 0.653. The van der Waals surface area contributed by atoms with Crippen molar-refractivity contribution in [3.05, 3.63) is 77.1 Å². The molecule has 2 N–H and O–H groups in total. The highest BCUT2D eigenvalue weighted by atomic mass is 35.5. The third-order valence-electron chi connectivity index (χ3n) is 3.90. The molecule has 1 aliphatic rings. The Morgan fingerprint density at radius 2 is 1.78 bits per heavy atom. The molecule has 2 aromatic carbocycles. The van der Waals surface area contributed by atoms with Crippen LogP contribution in [-0.4, -0.2) is 10.9 Å². The first-order chi connectivity index (χ1) is 11.2. The fraction of sp³-hybridized carbons (Fsp3) is 0. The molecule has 0 unspecified atom stereocenters. The maximum atomic E-state index is 12.4. The van der Waals surface area contributed by atoms with Gasteiger partial charge in [-0.1, -0.05) is 35.9 Å². The highest BCUT2D eigenvalue weighted by molar-refractivity contribution is 6.36. The van der Waals surface area contributed by atoms with Gasteiger partial charge < -0.3 is 10.3 Å². The molecule has 0 atom stereocenters. The Morgan fingerprint density at radius 3 is 2.52 bits per heavy atom. The molecule has 2 heterocycles. The molecule has 112 valence electrons. The molecule has 0 aliphatic carbocycles. The van der Waals surface area contributed by atoms with E-state index in [-0.39, 0.29) is 5.91 Å². The van der Waals surface area contributed by atoms with Gasteiger partial charge in [-0.25, -0.2) is 0 Å². The maximum Gasteiger partial charge on any atom is 0.256 e. The lowest BCUT2D eigenvalue weighted by molar-refractivity contribution is -0.110. The van der Waals surface area contributed by atoms with Crippen molar-refractivity contribution in [1.29, 1.82) is 0 Å². The SMILES string of the molecule is O=C1Nc2cccc(-c3ccc(Cl)cc3)c2C1=Cc1ccc[nH]1. The van der Waals surface area contributed by atoms with Gasteiger partial charge in [0.2, 0.25) is 0 Å². The number of aromatic nitrogens is 1. The van der Waals surface area contributed by atoms with Gasteiger partial charge in [0.25, 0.3) is 5.91 Å². The predicted octanol–water partition coefficient (Wildman–Crippen LogP) is 4.83. The number of hydrogen-bond acceptors (Lipinski definition) is 1. The van der Waals surface area contributed by atoms with Crippen molar-refractivity contribution in [2.45, 2.75) is 0 Å². The number of carbonyl (C=O) groups is 1. The summed E-state index contributed by atoms with van der Waals surface area (Å²) in [5.41, 5.74) is 5.35. The van der Waals surface area contributed by atoms with Crippen LogP contribution in [0.1, 0.15) is 11.3 Å². The highest BCUT2D eigenvalue weighted by Crippen LogP contribution is 2.40. The van der Waals surface area contributed by atoms with Crippen LogP contribution < -0.4 is 5.32 Å². The number of anilines is 1. The molecule has 0 radical (unpaired) electrons. The van der Waals surface area contributed by atoms with E-state index in [4.69, 9.17) is 11.6 Å². The number of fused-ring (bicyclic) bond motifs is 1. The van der Waals surface area contributed by atoms with Gasteiger partial charge in [-0.05, 0) is 47.5 Å². The van der Waals surface area contributed by atoms with Crippen molar-refractivity contribution < 1.29 is 4.79 Å². The zero-order valence-electron chi connectivity index (χ0n) is 12.1. The van der Waals surface area contributed by atoms with Crippen molar-refractivity contribution >= 4 is 34.8 Å². The number of H-pyrrole nitrogens is 1. The van der Waals surface area contributed by atoms with Gasteiger partial charge in [-0.3, -0.25) is 4.79 Å². The number of nitrogens with one attached hydrogen (secondary N) is 2. The van der Waals surface area contributed by atoms with Crippen LogP contribution in [0.3, 0.4) is 0 Å². The van der Waals surface area contributed by atoms with E-state index in [2.05, 4.69) is 10.3 Å². The topological polar surface area (TPSA) is 44.9 Å². The molecule has 1 aliphatic heterocycles. The molecule has 1 aromatic heterocycles. The third kappa shape index (κ3) is 2.45. The molecule has 0 spiro atoms. The predicted molar refractivity (Wildman–Crippen MR) is 94.2 cm³/mol. The van der Waals surface area contributed by atoms with E-state index in [0.717, 1.165) is 28.1 Å². The summed E-state index contributed by atoms with van der Waals surface area (Å²) in [6.45, 7) is 0. The summed E-state index contributed by atoms with van der Waals surface area (Å²) >= 11 is 5.98. The monoisotopic (exact) mass is 320 g/mol. The number of halogens is 1. The number of rotatable bonds is 2. The molecule has 0 bridgehead atoms. The van der Waals surface area contributed by atoms with Gasteiger partial charge in [-0.15, -0.1) is 0 Å². The van der Waals surface area contributed by atoms with Crippen LogP contribution in [0.2, 0.25) is 5.02 Å². The van der Waals surface area contributed by atoms with Crippen molar-refractivity contribution in [2.24, 2.45) is 0 Å². The van der Waals surface area contributed by atoms with Crippen LogP contribution >= 0.6 is 11.6 Å². The second-order valence-corrected chi connectivity index (χ2v) is 5.81. The van der Waals surface area contributed by atoms with Crippen LogP contribution in [0.5, 0.6) is 0 Å². The molecular weight excluding hydrogens is 308 g/mol. The van der Waals surface area contributed by atoms with Gasteiger partial charge in [0.15, 0.2) is 0 Å². The average molecular weight is 321 g/mol. The Bertz CT molecular complexity index is 909. The zero-order valence-corrected chi connectivity index (χ0v) is 12.9. The number of benzene rings is 2. The van der Waals surface area contributed by atoms with Gasteiger partial charge in [0.05, 0.1) is 5.57 Å². The van der Waals surface area contributed by atoms with Crippen LogP contribution in [0, 0.1) is 0 Å². The van der Waals surface area contributed by atoms with Gasteiger partial charge in [-0.2, -0.15) is 0 Å². The minimum Gasteiger partial charge on any atom is -0.362 e. The number of hydrogen-bond donors (Lipinski definition) is 2. The van der Waals surface area contributed by atoms with Crippen LogP contribution in [-0.2, 0) is 4.79 Å². The Hall–Kier alpha value is -2.78. The lowest BCUT2D eigenvalue weighted by Crippen LogP contribution is -2.03. The summed E-state index contributed by atoms with van der Waals surface area (Å²) in [5.74, 6) is -0.0870. The van der Waals surface area contributed by atoms with E-state index in [1.54, 1.807) is 0 Å². The first-order valence-corrected chi connectivity index (χ1v) is 7.66. The van der Waals surface area contributed by atoms with Crippen molar-refractivity contribution in [3.63, 3.8) is 0 Å². The molecule has 3 nitrogen and oxygen atoms in total. The van der Waals surface area contributed by atoms with E-state index < -0.39 is 0 Å². The molecule has 3 aromatic rings. The van der Waals surface area contributed by atoms with Crippen LogP contribution in [0.4, 0.5) is 5.69 Å². The summed E-state index contributed by atoms with van der Waals surface area (Å²) in [6, 6.07) is 17.4. The smallest absolute Gasteiger partial charge is 0.256 e. The number of carbonyl (C=O) groups excluding carboxylic acids is 1. The summed E-state index contributed by atoms with van der Waals surface area (Å²) in [7, 11) is 0. The molecule has 1 amide bonds. The van der Waals surface area contributed by atoms with Gasteiger partial charge in [0, 0.05) is 28.2 Å². The van der Waals surface area contributed by atoms with Crippen LogP contribution in [0.25, 0.3) is 22.8 Å². The van der Waals surface area contributed by atoms with E-state index in [9.17, 15) is 4.79 Å². The lowest BCUT2D eigenvalue weighted by atomic mass is 9.94. The third-order valence-corrected chi connectivity index (χ3v) is 4.16. The summed E-state index contributed by atoms with van der Waals surface area (Å²) in [5, 5.41) is 3.63. The van der Waals surface area contributed by atoms with E-state index >= 15 is 0 Å². The Morgan fingerprint density at radius 1 is 0.957 bits per heavy atom. The fourth-order valence-electron chi connectivity index (χ4n) is 2.85. The highest BCUT2D eigenvalue weighted by Gasteiger charge is 2.27. The normalized spacial score (nSPS) is 14.8. The van der Waals surface area contributed by atoms with Gasteiger partial charge in [0.1, 0.15) is 0 Å². The molecule has 0 saturated heterocycles. The van der Waals surface area contributed by atoms with Crippen molar-refractivity contribution in [3.8, 4) is 11.1 Å².